The summed E-state index contributed by atoms with van der Waals surface area (Å²) in [5.74, 6) is -1.76. The second-order valence-electron chi connectivity index (χ2n) is 6.56. The lowest BCUT2D eigenvalue weighted by Gasteiger charge is -2.20. The van der Waals surface area contributed by atoms with Crippen LogP contribution >= 0.6 is 0 Å². The zero-order chi connectivity index (χ0) is 19.9. The van der Waals surface area contributed by atoms with Crippen molar-refractivity contribution in [1.29, 1.82) is 0 Å². The molecule has 0 aliphatic carbocycles. The van der Waals surface area contributed by atoms with Crippen LogP contribution in [0.4, 0.5) is 20.2 Å². The normalized spacial score (nSPS) is 13.6. The Morgan fingerprint density at radius 3 is 2.59 bits per heavy atom. The number of benzene rings is 2. The number of hydrogen-bond donors (Lipinski definition) is 2. The number of hydrogen-bond acceptors (Lipinski definition) is 4. The fourth-order valence-electron chi connectivity index (χ4n) is 3.13. The molecule has 0 bridgehead atoms. The number of amides is 1. The predicted octanol–water partition coefficient (Wildman–Crippen LogP) is 2.23. The first-order chi connectivity index (χ1) is 12.6. The van der Waals surface area contributed by atoms with Crippen molar-refractivity contribution in [3.8, 4) is 0 Å². The minimum Gasteiger partial charge on any atom is -0.361 e. The van der Waals surface area contributed by atoms with Crippen LogP contribution in [0.5, 0.6) is 0 Å². The lowest BCUT2D eigenvalue weighted by atomic mass is 10.1. The van der Waals surface area contributed by atoms with E-state index in [1.807, 2.05) is 0 Å². The molecular weight excluding hydrogens is 376 g/mol. The number of carbonyl (C=O) groups is 1. The van der Waals surface area contributed by atoms with Crippen LogP contribution in [0, 0.1) is 25.5 Å². The lowest BCUT2D eigenvalue weighted by Crippen LogP contribution is -2.32. The van der Waals surface area contributed by atoms with Gasteiger partial charge in [-0.3, -0.25) is 4.79 Å². The molecule has 1 aliphatic heterocycles. The zero-order valence-electron chi connectivity index (χ0n) is 14.8. The minimum atomic E-state index is -3.92. The van der Waals surface area contributed by atoms with Crippen molar-refractivity contribution in [2.24, 2.45) is 5.14 Å². The van der Waals surface area contributed by atoms with Gasteiger partial charge in [0.1, 0.15) is 11.6 Å². The van der Waals surface area contributed by atoms with Gasteiger partial charge in [0.15, 0.2) is 0 Å². The number of carbonyl (C=O) groups excluding carboxylic acids is 1. The molecule has 2 aromatic rings. The molecule has 0 atom stereocenters. The van der Waals surface area contributed by atoms with E-state index in [1.54, 1.807) is 18.7 Å². The second-order valence-corrected chi connectivity index (χ2v) is 8.12. The van der Waals surface area contributed by atoms with Crippen molar-refractivity contribution < 1.29 is 22.0 Å². The van der Waals surface area contributed by atoms with Crippen LogP contribution in [0.25, 0.3) is 0 Å². The third-order valence-corrected chi connectivity index (χ3v) is 5.58. The third-order valence-electron chi connectivity index (χ3n) is 4.69. The molecule has 9 heteroatoms. The molecule has 144 valence electrons. The van der Waals surface area contributed by atoms with E-state index in [-0.39, 0.29) is 11.4 Å². The van der Waals surface area contributed by atoms with Gasteiger partial charge in [-0.1, -0.05) is 0 Å². The molecule has 2 aromatic carbocycles. The quantitative estimate of drug-likeness (QED) is 0.830. The first-order valence-corrected chi connectivity index (χ1v) is 9.77. The maximum Gasteiger partial charge on any atom is 0.243 e. The summed E-state index contributed by atoms with van der Waals surface area (Å²) >= 11 is 0. The van der Waals surface area contributed by atoms with E-state index in [0.29, 0.717) is 41.0 Å². The number of sulfonamides is 1. The number of rotatable bonds is 4. The van der Waals surface area contributed by atoms with Gasteiger partial charge in [0, 0.05) is 29.5 Å². The van der Waals surface area contributed by atoms with Gasteiger partial charge >= 0.3 is 0 Å². The Morgan fingerprint density at radius 1 is 1.22 bits per heavy atom. The topological polar surface area (TPSA) is 92.5 Å². The monoisotopic (exact) mass is 395 g/mol. The minimum absolute atomic E-state index is 0.100. The smallest absolute Gasteiger partial charge is 0.243 e. The van der Waals surface area contributed by atoms with E-state index in [1.165, 1.54) is 18.2 Å². The van der Waals surface area contributed by atoms with Gasteiger partial charge in [-0.25, -0.2) is 22.3 Å². The van der Waals surface area contributed by atoms with Crippen molar-refractivity contribution in [2.45, 2.75) is 25.2 Å². The number of primary sulfonamides is 1. The molecule has 1 heterocycles. The summed E-state index contributed by atoms with van der Waals surface area (Å²) in [5, 5.41) is 7.83. The van der Waals surface area contributed by atoms with Crippen LogP contribution in [0.1, 0.15) is 16.7 Å². The Labute approximate surface area is 156 Å². The fourth-order valence-corrected chi connectivity index (χ4v) is 3.76. The summed E-state index contributed by atoms with van der Waals surface area (Å²) in [6.07, 6.45) is 0.383. The summed E-state index contributed by atoms with van der Waals surface area (Å²) in [6.45, 7) is 3.72. The molecule has 0 unspecified atom stereocenters. The standard InChI is InChI=1S/C18H19F2N3O3S/c1-10-5-13(27(21,25)26)8-16(11(10)2)22-18(24)9-23-4-3-14-15(20)6-12(19)7-17(14)23/h5-8H,3-4,9H2,1-2H3,(H,22,24)(H2,21,25,26). The van der Waals surface area contributed by atoms with E-state index >= 15 is 0 Å². The highest BCUT2D eigenvalue weighted by Gasteiger charge is 2.25. The Bertz CT molecular complexity index is 1040. The number of nitrogens with two attached hydrogens (primary N) is 1. The summed E-state index contributed by atoms with van der Waals surface area (Å²) < 4.78 is 50.5. The number of aryl methyl sites for hydroxylation is 1. The van der Waals surface area contributed by atoms with Gasteiger partial charge in [-0.2, -0.15) is 0 Å². The molecule has 0 spiro atoms. The van der Waals surface area contributed by atoms with Gasteiger partial charge in [0.05, 0.1) is 11.4 Å². The maximum absolute atomic E-state index is 13.8. The number of halogens is 2. The Morgan fingerprint density at radius 2 is 1.93 bits per heavy atom. The van der Waals surface area contributed by atoms with Gasteiger partial charge in [-0.15, -0.1) is 0 Å². The number of fused-ring (bicyclic) bond motifs is 1. The summed E-state index contributed by atoms with van der Waals surface area (Å²) in [6, 6.07) is 4.76. The molecule has 0 fully saturated rings. The largest absolute Gasteiger partial charge is 0.361 e. The molecule has 0 saturated carbocycles. The van der Waals surface area contributed by atoms with Gasteiger partial charge in [0.25, 0.3) is 0 Å². The predicted molar refractivity (Wildman–Crippen MR) is 98.2 cm³/mol. The van der Waals surface area contributed by atoms with E-state index in [4.69, 9.17) is 5.14 Å². The second kappa shape index (κ2) is 6.90. The Kier molecular flexibility index (Phi) is 4.92. The molecule has 0 radical (unpaired) electrons. The van der Waals surface area contributed by atoms with Crippen LogP contribution in [0.3, 0.4) is 0 Å². The molecule has 0 aromatic heterocycles. The first-order valence-electron chi connectivity index (χ1n) is 8.23. The average molecular weight is 395 g/mol. The summed E-state index contributed by atoms with van der Waals surface area (Å²) in [7, 11) is -3.92. The molecule has 1 aliphatic rings. The maximum atomic E-state index is 13.8. The van der Waals surface area contributed by atoms with Gasteiger partial charge < -0.3 is 10.2 Å². The van der Waals surface area contributed by atoms with E-state index in [9.17, 15) is 22.0 Å². The number of nitrogens with one attached hydrogen (secondary N) is 1. The average Bonchev–Trinajstić information content (AvgIpc) is 2.93. The van der Waals surface area contributed by atoms with Gasteiger partial charge in [-0.05, 0) is 49.6 Å². The Balaban J connectivity index is 1.82. The first kappa shape index (κ1) is 19.2. The summed E-state index contributed by atoms with van der Waals surface area (Å²) in [4.78, 5) is 13.9. The molecule has 3 N–H and O–H groups in total. The van der Waals surface area contributed by atoms with Crippen LogP contribution in [-0.2, 0) is 21.2 Å². The Hall–Kier alpha value is -2.52. The lowest BCUT2D eigenvalue weighted by molar-refractivity contribution is -0.115. The highest BCUT2D eigenvalue weighted by atomic mass is 32.2. The SMILES string of the molecule is Cc1cc(S(N)(=O)=O)cc(NC(=O)CN2CCc3c(F)cc(F)cc32)c1C. The number of anilines is 2. The van der Waals surface area contributed by atoms with Crippen molar-refractivity contribution in [3.05, 3.63) is 52.6 Å². The van der Waals surface area contributed by atoms with Crippen LogP contribution in [0.15, 0.2) is 29.2 Å². The molecule has 27 heavy (non-hydrogen) atoms. The zero-order valence-corrected chi connectivity index (χ0v) is 15.7. The summed E-state index contributed by atoms with van der Waals surface area (Å²) in [5.41, 5.74) is 2.43. The van der Waals surface area contributed by atoms with E-state index < -0.39 is 27.6 Å². The van der Waals surface area contributed by atoms with Crippen molar-refractivity contribution in [3.63, 3.8) is 0 Å². The molecular formula is C18H19F2N3O3S. The number of nitrogens with zero attached hydrogens (tertiary/aromatic N) is 1. The highest BCUT2D eigenvalue weighted by molar-refractivity contribution is 7.89. The molecule has 1 amide bonds. The molecule has 0 saturated heterocycles. The van der Waals surface area contributed by atoms with Crippen LogP contribution in [-0.4, -0.2) is 27.4 Å². The van der Waals surface area contributed by atoms with Crippen LogP contribution in [0.2, 0.25) is 0 Å². The molecule has 6 nitrogen and oxygen atoms in total. The van der Waals surface area contributed by atoms with Crippen molar-refractivity contribution in [2.75, 3.05) is 23.3 Å². The third kappa shape index (κ3) is 3.93. The van der Waals surface area contributed by atoms with Crippen LogP contribution < -0.4 is 15.4 Å². The van der Waals surface area contributed by atoms with Gasteiger partial charge in [0.2, 0.25) is 15.9 Å². The highest BCUT2D eigenvalue weighted by Crippen LogP contribution is 2.31. The fraction of sp³-hybridized carbons (Fsp3) is 0.278. The molecule has 3 rings (SSSR count). The van der Waals surface area contributed by atoms with E-state index in [0.717, 1.165) is 6.07 Å². The van der Waals surface area contributed by atoms with E-state index in [2.05, 4.69) is 5.32 Å². The van der Waals surface area contributed by atoms with Crippen molar-refractivity contribution in [1.82, 2.24) is 0 Å². The van der Waals surface area contributed by atoms with Crippen molar-refractivity contribution >= 4 is 27.3 Å².